The van der Waals surface area contributed by atoms with E-state index in [1.54, 1.807) is 0 Å². The van der Waals surface area contributed by atoms with Crippen molar-refractivity contribution in [1.82, 2.24) is 0 Å². The van der Waals surface area contributed by atoms with Crippen molar-refractivity contribution < 1.29 is 18.8 Å². The minimum atomic E-state index is -0.527. The van der Waals surface area contributed by atoms with Gasteiger partial charge >= 0.3 is 13.2 Å². The van der Waals surface area contributed by atoms with E-state index >= 15 is 0 Å². The van der Waals surface area contributed by atoms with Crippen LogP contribution in [0.25, 0.3) is 0 Å². The summed E-state index contributed by atoms with van der Waals surface area (Å²) in [5.74, 6) is 0. The predicted molar refractivity (Wildman–Crippen MR) is 96.8 cm³/mol. The number of hydrogen-bond donors (Lipinski definition) is 1. The van der Waals surface area contributed by atoms with Gasteiger partial charge in [-0.2, -0.15) is 0 Å². The number of carbonyl (C=O) groups is 1. The van der Waals surface area contributed by atoms with Gasteiger partial charge in [-0.15, -0.1) is 0 Å². The first-order chi connectivity index (χ1) is 10.8. The zero-order valence-electron chi connectivity index (χ0n) is 15.9. The molecule has 0 bridgehead atoms. The lowest BCUT2D eigenvalue weighted by molar-refractivity contribution is 0.00578. The summed E-state index contributed by atoms with van der Waals surface area (Å²) in [6.45, 7) is 15.5. The van der Waals surface area contributed by atoms with Gasteiger partial charge in [-0.05, 0) is 72.5 Å². The second kappa shape index (κ2) is 6.08. The second-order valence-electron chi connectivity index (χ2n) is 8.29. The lowest BCUT2D eigenvalue weighted by atomic mass is 9.78. The standard InChI is InChI=1S/C18H28BNO4/c1-12-11-13(19-23-17(5,6)18(7,8)24-19)9-10-14(12)20-15(21)22-16(2,3)4/h9-11H,1-8H3,(H,20,21). The smallest absolute Gasteiger partial charge is 0.444 e. The van der Waals surface area contributed by atoms with Crippen LogP contribution in [-0.2, 0) is 14.0 Å². The molecule has 2 rings (SSSR count). The highest BCUT2D eigenvalue weighted by atomic mass is 16.7. The van der Waals surface area contributed by atoms with E-state index in [-0.39, 0.29) is 11.2 Å². The lowest BCUT2D eigenvalue weighted by Gasteiger charge is -2.32. The van der Waals surface area contributed by atoms with E-state index in [0.717, 1.165) is 11.0 Å². The van der Waals surface area contributed by atoms with Gasteiger partial charge in [-0.3, -0.25) is 5.32 Å². The average molecular weight is 333 g/mol. The third-order valence-corrected chi connectivity index (χ3v) is 4.41. The summed E-state index contributed by atoms with van der Waals surface area (Å²) >= 11 is 0. The fourth-order valence-corrected chi connectivity index (χ4v) is 2.37. The van der Waals surface area contributed by atoms with Crippen LogP contribution >= 0.6 is 0 Å². The summed E-state index contributed by atoms with van der Waals surface area (Å²) in [5.41, 5.74) is 1.29. The topological polar surface area (TPSA) is 56.8 Å². The molecule has 1 aromatic rings. The minimum Gasteiger partial charge on any atom is -0.444 e. The number of rotatable bonds is 2. The summed E-state index contributed by atoms with van der Waals surface area (Å²) in [6.07, 6.45) is -0.464. The molecule has 1 N–H and O–H groups in total. The number of ether oxygens (including phenoxy) is 1. The Labute approximate surface area is 145 Å². The molecule has 0 aliphatic carbocycles. The Morgan fingerprint density at radius 3 is 2.12 bits per heavy atom. The van der Waals surface area contributed by atoms with Crippen LogP contribution in [0.3, 0.4) is 0 Å². The van der Waals surface area contributed by atoms with E-state index in [4.69, 9.17) is 14.0 Å². The summed E-state index contributed by atoms with van der Waals surface area (Å²) in [4.78, 5) is 11.9. The largest absolute Gasteiger partial charge is 0.494 e. The Morgan fingerprint density at radius 1 is 1.12 bits per heavy atom. The first-order valence-corrected chi connectivity index (χ1v) is 8.27. The van der Waals surface area contributed by atoms with Gasteiger partial charge in [0.1, 0.15) is 5.60 Å². The van der Waals surface area contributed by atoms with Crippen LogP contribution in [0.1, 0.15) is 54.0 Å². The van der Waals surface area contributed by atoms with E-state index in [0.29, 0.717) is 5.69 Å². The molecule has 0 atom stereocenters. The molecule has 1 fully saturated rings. The van der Waals surface area contributed by atoms with Gasteiger partial charge in [0.25, 0.3) is 0 Å². The van der Waals surface area contributed by atoms with Crippen LogP contribution in [0.15, 0.2) is 18.2 Å². The Bertz CT molecular complexity index is 618. The van der Waals surface area contributed by atoms with E-state index < -0.39 is 18.8 Å². The molecule has 0 radical (unpaired) electrons. The van der Waals surface area contributed by atoms with Crippen LogP contribution in [0, 0.1) is 6.92 Å². The predicted octanol–water partition coefficient (Wildman–Crippen LogP) is 3.64. The van der Waals surface area contributed by atoms with E-state index in [2.05, 4.69) is 5.32 Å². The maximum atomic E-state index is 11.9. The molecule has 1 aliphatic heterocycles. The first-order valence-electron chi connectivity index (χ1n) is 8.27. The third kappa shape index (κ3) is 4.11. The van der Waals surface area contributed by atoms with E-state index in [1.165, 1.54) is 0 Å². The molecule has 0 saturated carbocycles. The van der Waals surface area contributed by atoms with Gasteiger partial charge in [-0.1, -0.05) is 12.1 Å². The Balaban J connectivity index is 2.12. The molecule has 1 saturated heterocycles. The fourth-order valence-electron chi connectivity index (χ4n) is 2.37. The SMILES string of the molecule is Cc1cc(B2OC(C)(C)C(C)(C)O2)ccc1NC(=O)OC(C)(C)C. The highest BCUT2D eigenvalue weighted by molar-refractivity contribution is 6.62. The number of carbonyl (C=O) groups excluding carboxylic acids is 1. The molecule has 1 aromatic carbocycles. The second-order valence-corrected chi connectivity index (χ2v) is 8.29. The quantitative estimate of drug-likeness (QED) is 0.840. The van der Waals surface area contributed by atoms with Crippen molar-refractivity contribution in [3.8, 4) is 0 Å². The van der Waals surface area contributed by atoms with Crippen LogP contribution in [0.5, 0.6) is 0 Å². The molecule has 5 nitrogen and oxygen atoms in total. The molecule has 1 heterocycles. The van der Waals surface area contributed by atoms with Crippen molar-refractivity contribution in [2.45, 2.75) is 72.2 Å². The van der Waals surface area contributed by atoms with E-state index in [1.807, 2.05) is 73.6 Å². The number of amides is 1. The normalized spacial score (nSPS) is 19.2. The maximum absolute atomic E-state index is 11.9. The molecule has 0 unspecified atom stereocenters. The van der Waals surface area contributed by atoms with Gasteiger partial charge < -0.3 is 14.0 Å². The van der Waals surface area contributed by atoms with Gasteiger partial charge in [-0.25, -0.2) is 4.79 Å². The molecule has 0 aromatic heterocycles. The van der Waals surface area contributed by atoms with Gasteiger partial charge in [0.15, 0.2) is 0 Å². The summed E-state index contributed by atoms with van der Waals surface area (Å²) in [7, 11) is -0.413. The lowest BCUT2D eigenvalue weighted by Crippen LogP contribution is -2.41. The van der Waals surface area contributed by atoms with Crippen LogP contribution in [-0.4, -0.2) is 30.0 Å². The molecule has 1 amide bonds. The molecule has 24 heavy (non-hydrogen) atoms. The molecular weight excluding hydrogens is 305 g/mol. The molecular formula is C18H28BNO4. The third-order valence-electron chi connectivity index (χ3n) is 4.41. The number of aryl methyl sites for hydroxylation is 1. The Kier molecular flexibility index (Phi) is 4.77. The summed E-state index contributed by atoms with van der Waals surface area (Å²) in [6, 6.07) is 5.72. The van der Waals surface area contributed by atoms with Gasteiger partial charge in [0, 0.05) is 5.69 Å². The monoisotopic (exact) mass is 333 g/mol. The molecule has 132 valence electrons. The zero-order chi connectivity index (χ0) is 18.3. The number of hydrogen-bond acceptors (Lipinski definition) is 4. The minimum absolute atomic E-state index is 0.376. The first kappa shape index (κ1) is 18.8. The number of anilines is 1. The van der Waals surface area contributed by atoms with E-state index in [9.17, 15) is 4.79 Å². The van der Waals surface area contributed by atoms with Crippen LogP contribution in [0.2, 0.25) is 0 Å². The Hall–Kier alpha value is -1.53. The van der Waals surface area contributed by atoms with Crippen molar-refractivity contribution in [1.29, 1.82) is 0 Å². The van der Waals surface area contributed by atoms with Crippen molar-refractivity contribution in [2.24, 2.45) is 0 Å². The number of nitrogens with one attached hydrogen (secondary N) is 1. The Morgan fingerprint density at radius 2 is 1.67 bits per heavy atom. The highest BCUT2D eigenvalue weighted by Gasteiger charge is 2.51. The van der Waals surface area contributed by atoms with Gasteiger partial charge in [0.2, 0.25) is 0 Å². The molecule has 1 aliphatic rings. The van der Waals surface area contributed by atoms with Crippen LogP contribution in [0.4, 0.5) is 10.5 Å². The van der Waals surface area contributed by atoms with Crippen molar-refractivity contribution >= 4 is 24.4 Å². The summed E-state index contributed by atoms with van der Waals surface area (Å²) < 4.78 is 17.4. The van der Waals surface area contributed by atoms with Crippen LogP contribution < -0.4 is 10.8 Å². The zero-order valence-corrected chi connectivity index (χ0v) is 15.9. The maximum Gasteiger partial charge on any atom is 0.494 e. The number of benzene rings is 1. The van der Waals surface area contributed by atoms with Crippen molar-refractivity contribution in [3.63, 3.8) is 0 Å². The highest BCUT2D eigenvalue weighted by Crippen LogP contribution is 2.36. The van der Waals surface area contributed by atoms with Crippen molar-refractivity contribution in [3.05, 3.63) is 23.8 Å². The van der Waals surface area contributed by atoms with Gasteiger partial charge in [0.05, 0.1) is 11.2 Å². The molecule has 0 spiro atoms. The fraction of sp³-hybridized carbons (Fsp3) is 0.611. The molecule has 6 heteroatoms. The summed E-state index contributed by atoms with van der Waals surface area (Å²) in [5, 5.41) is 2.77. The average Bonchev–Trinajstić information content (AvgIpc) is 2.58. The van der Waals surface area contributed by atoms with Crippen molar-refractivity contribution in [2.75, 3.05) is 5.32 Å².